The Hall–Kier alpha value is -3.10. The van der Waals surface area contributed by atoms with Crippen LogP contribution in [0.25, 0.3) is 11.3 Å². The molecule has 0 fully saturated rings. The second kappa shape index (κ2) is 8.80. The van der Waals surface area contributed by atoms with Crippen LogP contribution in [0.3, 0.4) is 0 Å². The number of Topliss-reactive ketones (excluding diaryl/α,β-unsaturated/α-hetero) is 1. The molecule has 0 aliphatic carbocycles. The highest BCUT2D eigenvalue weighted by Gasteiger charge is 2.32. The van der Waals surface area contributed by atoms with E-state index in [1.54, 1.807) is 30.7 Å². The number of fused-ring (bicyclic) bond motifs is 3. The van der Waals surface area contributed by atoms with Crippen LogP contribution in [0, 0.1) is 13.8 Å². The van der Waals surface area contributed by atoms with E-state index in [9.17, 15) is 9.59 Å². The van der Waals surface area contributed by atoms with Gasteiger partial charge >= 0.3 is 0 Å². The first-order chi connectivity index (χ1) is 15.3. The standard InChI is InChI=1S/C23H23ClN2O6/c1-12-22(14(3)32-25-12)23-26-11-16(13(2)27)19(28)9-18(26)15-8-17(24)21(10-20(15)31-23)30-7-5-6-29-4/h8-11,23H,5-7H2,1-4H3. The predicted molar refractivity (Wildman–Crippen MR) is 118 cm³/mol. The number of hydrogen-bond donors (Lipinski definition) is 0. The van der Waals surface area contributed by atoms with Gasteiger partial charge in [0.2, 0.25) is 6.23 Å². The summed E-state index contributed by atoms with van der Waals surface area (Å²) in [5, 5.41) is 4.41. The molecule has 0 N–H and O–H groups in total. The highest BCUT2D eigenvalue weighted by atomic mass is 35.5. The van der Waals surface area contributed by atoms with Crippen molar-refractivity contribution in [3.8, 4) is 22.8 Å². The highest BCUT2D eigenvalue weighted by molar-refractivity contribution is 6.32. The molecule has 0 saturated carbocycles. The summed E-state index contributed by atoms with van der Waals surface area (Å²) in [6.45, 7) is 5.95. The van der Waals surface area contributed by atoms with E-state index in [1.165, 1.54) is 19.2 Å². The number of halogens is 1. The first-order valence-electron chi connectivity index (χ1n) is 10.1. The molecule has 8 nitrogen and oxygen atoms in total. The number of nitrogens with zero attached hydrogens (tertiary/aromatic N) is 2. The SMILES string of the molecule is COCCCOc1cc2c(cc1Cl)-c1cc(=O)c(C(C)=O)cn1C(c1c(C)noc1C)O2. The Morgan fingerprint density at radius 3 is 2.69 bits per heavy atom. The molecule has 3 heterocycles. The minimum absolute atomic E-state index is 0.0711. The van der Waals surface area contributed by atoms with Crippen molar-refractivity contribution >= 4 is 17.4 Å². The number of benzene rings is 1. The number of methoxy groups -OCH3 is 1. The monoisotopic (exact) mass is 458 g/mol. The van der Waals surface area contributed by atoms with Gasteiger partial charge in [-0.3, -0.25) is 9.59 Å². The smallest absolute Gasteiger partial charge is 0.207 e. The van der Waals surface area contributed by atoms with Crippen LogP contribution in [0.4, 0.5) is 0 Å². The minimum atomic E-state index is -0.690. The van der Waals surface area contributed by atoms with E-state index < -0.39 is 6.23 Å². The fourth-order valence-electron chi connectivity index (χ4n) is 3.77. The van der Waals surface area contributed by atoms with Gasteiger partial charge in [-0.05, 0) is 26.8 Å². The Morgan fingerprint density at radius 1 is 1.25 bits per heavy atom. The van der Waals surface area contributed by atoms with Crippen LogP contribution in [0.15, 0.2) is 33.7 Å². The molecule has 1 atom stereocenters. The van der Waals surface area contributed by atoms with Crippen molar-refractivity contribution in [3.05, 3.63) is 62.2 Å². The molecule has 4 rings (SSSR count). The molecule has 2 aromatic heterocycles. The van der Waals surface area contributed by atoms with Gasteiger partial charge < -0.3 is 23.3 Å². The molecule has 0 spiro atoms. The van der Waals surface area contributed by atoms with Gasteiger partial charge in [-0.15, -0.1) is 0 Å². The predicted octanol–water partition coefficient (Wildman–Crippen LogP) is 4.33. The molecule has 3 aromatic rings. The summed E-state index contributed by atoms with van der Waals surface area (Å²) in [6.07, 6.45) is 1.53. The number of carbonyl (C=O) groups excluding carboxylic acids is 1. The maximum absolute atomic E-state index is 12.6. The molecule has 168 valence electrons. The first-order valence-corrected chi connectivity index (χ1v) is 10.5. The molecule has 1 unspecified atom stereocenters. The van der Waals surface area contributed by atoms with Gasteiger partial charge in [0, 0.05) is 44.0 Å². The van der Waals surface area contributed by atoms with E-state index in [4.69, 9.17) is 30.3 Å². The molecule has 9 heteroatoms. The number of aryl methyl sites for hydroxylation is 2. The number of hydrogen-bond acceptors (Lipinski definition) is 7. The van der Waals surface area contributed by atoms with Crippen molar-refractivity contribution in [2.24, 2.45) is 0 Å². The van der Waals surface area contributed by atoms with E-state index in [-0.39, 0.29) is 16.8 Å². The van der Waals surface area contributed by atoms with E-state index in [2.05, 4.69) is 5.16 Å². The average molecular weight is 459 g/mol. The van der Waals surface area contributed by atoms with E-state index in [1.807, 2.05) is 6.92 Å². The average Bonchev–Trinajstić information content (AvgIpc) is 3.08. The zero-order valence-corrected chi connectivity index (χ0v) is 19.0. The highest BCUT2D eigenvalue weighted by Crippen LogP contribution is 2.45. The largest absolute Gasteiger partial charge is 0.492 e. The summed E-state index contributed by atoms with van der Waals surface area (Å²) >= 11 is 6.47. The normalized spacial score (nSPS) is 14.5. The lowest BCUT2D eigenvalue weighted by Gasteiger charge is -2.32. The molecule has 0 bridgehead atoms. The summed E-state index contributed by atoms with van der Waals surface area (Å²) in [7, 11) is 1.63. The summed E-state index contributed by atoms with van der Waals surface area (Å²) in [6, 6.07) is 4.84. The van der Waals surface area contributed by atoms with Gasteiger partial charge in [0.05, 0.1) is 34.1 Å². The van der Waals surface area contributed by atoms with E-state index in [0.29, 0.717) is 64.4 Å². The van der Waals surface area contributed by atoms with Crippen LogP contribution in [-0.4, -0.2) is 35.8 Å². The molecule has 0 amide bonds. The quantitative estimate of drug-likeness (QED) is 0.384. The number of aromatic nitrogens is 2. The summed E-state index contributed by atoms with van der Waals surface area (Å²) in [4.78, 5) is 24.7. The molecule has 1 aliphatic heterocycles. The zero-order valence-electron chi connectivity index (χ0n) is 18.2. The number of carbonyl (C=O) groups is 1. The minimum Gasteiger partial charge on any atom is -0.492 e. The number of ketones is 1. The van der Waals surface area contributed by atoms with E-state index in [0.717, 1.165) is 0 Å². The Balaban J connectivity index is 1.87. The van der Waals surface area contributed by atoms with Crippen LogP contribution in [0.1, 0.15) is 46.9 Å². The maximum atomic E-state index is 12.6. The third-order valence-corrected chi connectivity index (χ3v) is 5.64. The van der Waals surface area contributed by atoms with Crippen LogP contribution >= 0.6 is 11.6 Å². The van der Waals surface area contributed by atoms with Gasteiger partial charge in [0.15, 0.2) is 11.2 Å². The second-order valence-corrected chi connectivity index (χ2v) is 7.99. The Kier molecular flexibility index (Phi) is 6.08. The van der Waals surface area contributed by atoms with Crippen LogP contribution in [0.2, 0.25) is 5.02 Å². The van der Waals surface area contributed by atoms with E-state index >= 15 is 0 Å². The second-order valence-electron chi connectivity index (χ2n) is 7.58. The van der Waals surface area contributed by atoms with Crippen LogP contribution < -0.4 is 14.9 Å². The molecule has 0 radical (unpaired) electrons. The van der Waals surface area contributed by atoms with Gasteiger partial charge in [0.1, 0.15) is 17.3 Å². The number of ether oxygens (including phenoxy) is 3. The lowest BCUT2D eigenvalue weighted by molar-refractivity contribution is 0.101. The van der Waals surface area contributed by atoms with Gasteiger partial charge in [0.25, 0.3) is 0 Å². The van der Waals surface area contributed by atoms with Gasteiger partial charge in [-0.2, -0.15) is 0 Å². The molecule has 0 saturated heterocycles. The van der Waals surface area contributed by atoms with Crippen LogP contribution in [0.5, 0.6) is 11.5 Å². The summed E-state index contributed by atoms with van der Waals surface area (Å²) in [5.74, 6) is 1.22. The Morgan fingerprint density at radius 2 is 2.03 bits per heavy atom. The topological polar surface area (TPSA) is 92.8 Å². The molecule has 1 aliphatic rings. The van der Waals surface area contributed by atoms with Gasteiger partial charge in [-0.25, -0.2) is 0 Å². The fraction of sp³-hybridized carbons (Fsp3) is 0.348. The summed E-state index contributed by atoms with van der Waals surface area (Å²) < 4.78 is 24.3. The Bertz CT molecular complexity index is 1230. The zero-order chi connectivity index (χ0) is 23.0. The fourth-order valence-corrected chi connectivity index (χ4v) is 3.99. The summed E-state index contributed by atoms with van der Waals surface area (Å²) in [5.41, 5.74) is 2.25. The maximum Gasteiger partial charge on any atom is 0.207 e. The molecule has 1 aromatic carbocycles. The third kappa shape index (κ3) is 3.91. The Labute approximate surface area is 189 Å². The first kappa shape index (κ1) is 22.1. The molecule has 32 heavy (non-hydrogen) atoms. The lowest BCUT2D eigenvalue weighted by Crippen LogP contribution is -2.28. The molecular formula is C23H23ClN2O6. The van der Waals surface area contributed by atoms with Gasteiger partial charge in [-0.1, -0.05) is 16.8 Å². The lowest BCUT2D eigenvalue weighted by atomic mass is 10.0. The number of rotatable bonds is 7. The van der Waals surface area contributed by atoms with Crippen molar-refractivity contribution in [2.45, 2.75) is 33.4 Å². The molecular weight excluding hydrogens is 436 g/mol. The third-order valence-electron chi connectivity index (χ3n) is 5.35. The van der Waals surface area contributed by atoms with Crippen molar-refractivity contribution in [1.29, 1.82) is 0 Å². The van der Waals surface area contributed by atoms with Crippen molar-refractivity contribution in [3.63, 3.8) is 0 Å². The van der Waals surface area contributed by atoms with Crippen molar-refractivity contribution in [2.75, 3.05) is 20.3 Å². The van der Waals surface area contributed by atoms with Crippen LogP contribution in [-0.2, 0) is 4.74 Å². The number of pyridine rings is 1. The van der Waals surface area contributed by atoms with Crippen molar-refractivity contribution in [1.82, 2.24) is 9.72 Å². The van der Waals surface area contributed by atoms with Crippen molar-refractivity contribution < 1.29 is 23.5 Å².